The van der Waals surface area contributed by atoms with Gasteiger partial charge >= 0.3 is 0 Å². The van der Waals surface area contributed by atoms with Crippen LogP contribution in [0.25, 0.3) is 0 Å². The maximum atomic E-state index is 12.3. The lowest BCUT2D eigenvalue weighted by Crippen LogP contribution is -2.37. The van der Waals surface area contributed by atoms with E-state index in [4.69, 9.17) is 0 Å². The number of nitro groups is 1. The number of aryl methyl sites for hydroxylation is 2. The van der Waals surface area contributed by atoms with Gasteiger partial charge in [0.15, 0.2) is 0 Å². The molecule has 0 heterocycles. The largest absolute Gasteiger partial charge is 0.325 e. The highest BCUT2D eigenvalue weighted by molar-refractivity contribution is 7.92. The molecule has 0 saturated heterocycles. The van der Waals surface area contributed by atoms with Crippen molar-refractivity contribution >= 4 is 33.0 Å². The van der Waals surface area contributed by atoms with Crippen molar-refractivity contribution in [3.63, 3.8) is 0 Å². The van der Waals surface area contributed by atoms with Gasteiger partial charge in [0.05, 0.1) is 16.9 Å². The van der Waals surface area contributed by atoms with Crippen molar-refractivity contribution < 1.29 is 18.1 Å². The third-order valence-electron chi connectivity index (χ3n) is 3.70. The Labute approximate surface area is 151 Å². The van der Waals surface area contributed by atoms with Gasteiger partial charge in [0.25, 0.3) is 5.69 Å². The second-order valence-electron chi connectivity index (χ2n) is 5.91. The molecule has 0 atom stereocenters. The van der Waals surface area contributed by atoms with Gasteiger partial charge in [-0.2, -0.15) is 0 Å². The average molecular weight is 377 g/mol. The zero-order valence-corrected chi connectivity index (χ0v) is 15.4. The maximum Gasteiger partial charge on any atom is 0.271 e. The van der Waals surface area contributed by atoms with Crippen LogP contribution in [0.15, 0.2) is 42.5 Å². The van der Waals surface area contributed by atoms with Crippen molar-refractivity contribution in [2.24, 2.45) is 0 Å². The van der Waals surface area contributed by atoms with Gasteiger partial charge in [0, 0.05) is 17.8 Å². The molecule has 9 heteroatoms. The number of nitrogens with zero attached hydrogens (tertiary/aromatic N) is 2. The molecule has 0 aliphatic rings. The Morgan fingerprint density at radius 1 is 1.15 bits per heavy atom. The van der Waals surface area contributed by atoms with Gasteiger partial charge in [-0.25, -0.2) is 8.42 Å². The Hall–Kier alpha value is -2.94. The van der Waals surface area contributed by atoms with Crippen LogP contribution in [0, 0.1) is 24.0 Å². The predicted molar refractivity (Wildman–Crippen MR) is 99.8 cm³/mol. The molecule has 26 heavy (non-hydrogen) atoms. The zero-order valence-electron chi connectivity index (χ0n) is 14.6. The van der Waals surface area contributed by atoms with Crippen molar-refractivity contribution in [3.8, 4) is 0 Å². The first-order valence-corrected chi connectivity index (χ1v) is 9.52. The number of nitrogens with one attached hydrogen (secondary N) is 1. The molecule has 1 N–H and O–H groups in total. The Morgan fingerprint density at radius 3 is 2.31 bits per heavy atom. The molecule has 1 amide bonds. The molecule has 0 bridgehead atoms. The Bertz CT molecular complexity index is 939. The highest BCUT2D eigenvalue weighted by Crippen LogP contribution is 2.27. The predicted octanol–water partition coefficient (Wildman–Crippen LogP) is 2.62. The number of anilines is 2. The summed E-state index contributed by atoms with van der Waals surface area (Å²) in [6.45, 7) is 3.03. The number of carbonyl (C=O) groups is 1. The summed E-state index contributed by atoms with van der Waals surface area (Å²) >= 11 is 0. The van der Waals surface area contributed by atoms with Crippen LogP contribution < -0.4 is 9.62 Å². The molecule has 0 spiro atoms. The number of hydrogen-bond donors (Lipinski definition) is 1. The van der Waals surface area contributed by atoms with Gasteiger partial charge in [-0.1, -0.05) is 23.8 Å². The monoisotopic (exact) mass is 377 g/mol. The fraction of sp³-hybridized carbons (Fsp3) is 0.235. The minimum absolute atomic E-state index is 0.0979. The van der Waals surface area contributed by atoms with E-state index in [1.54, 1.807) is 19.1 Å². The lowest BCUT2D eigenvalue weighted by Gasteiger charge is -2.23. The molecule has 0 saturated carbocycles. The number of rotatable bonds is 6. The Morgan fingerprint density at radius 2 is 1.77 bits per heavy atom. The number of sulfonamides is 1. The standard InChI is InChI=1S/C17H19N3O5S/c1-12-4-7-14(8-5-12)18-17(21)11-19(26(3,24)25)16-10-15(20(22)23)9-6-13(16)2/h4-10H,11H2,1-3H3,(H,18,21). The second kappa shape index (κ2) is 7.52. The van der Waals surface area contributed by atoms with Gasteiger partial charge in [0.2, 0.25) is 15.9 Å². The number of benzene rings is 2. The van der Waals surface area contributed by atoms with Gasteiger partial charge in [0.1, 0.15) is 6.54 Å². The zero-order chi connectivity index (χ0) is 19.5. The van der Waals surface area contributed by atoms with Crippen LogP contribution >= 0.6 is 0 Å². The SMILES string of the molecule is Cc1ccc(NC(=O)CN(c2cc([N+](=O)[O-])ccc2C)S(C)(=O)=O)cc1. The summed E-state index contributed by atoms with van der Waals surface area (Å²) < 4.78 is 25.2. The number of hydrogen-bond acceptors (Lipinski definition) is 5. The molecule has 138 valence electrons. The van der Waals surface area contributed by atoms with E-state index in [-0.39, 0.29) is 11.4 Å². The first kappa shape index (κ1) is 19.4. The number of amides is 1. The lowest BCUT2D eigenvalue weighted by atomic mass is 10.2. The molecule has 0 aromatic heterocycles. The maximum absolute atomic E-state index is 12.3. The van der Waals surface area contributed by atoms with Crippen LogP contribution in [0.5, 0.6) is 0 Å². The van der Waals surface area contributed by atoms with E-state index in [9.17, 15) is 23.3 Å². The van der Waals surface area contributed by atoms with Gasteiger partial charge in [-0.3, -0.25) is 19.2 Å². The third-order valence-corrected chi connectivity index (χ3v) is 4.82. The Balaban J connectivity index is 2.31. The molecule has 0 aliphatic carbocycles. The molecular formula is C17H19N3O5S. The van der Waals surface area contributed by atoms with Crippen LogP contribution in [0.2, 0.25) is 0 Å². The van der Waals surface area contributed by atoms with E-state index < -0.39 is 27.4 Å². The summed E-state index contributed by atoms with van der Waals surface area (Å²) in [6, 6.07) is 10.9. The molecule has 0 fully saturated rings. The minimum Gasteiger partial charge on any atom is -0.325 e. The summed E-state index contributed by atoms with van der Waals surface area (Å²) in [5, 5.41) is 13.6. The van der Waals surface area contributed by atoms with Crippen LogP contribution in [-0.4, -0.2) is 32.0 Å². The smallest absolute Gasteiger partial charge is 0.271 e. The molecule has 0 aliphatic heterocycles. The summed E-state index contributed by atoms with van der Waals surface area (Å²) in [5.41, 5.74) is 1.90. The second-order valence-corrected chi connectivity index (χ2v) is 7.82. The summed E-state index contributed by atoms with van der Waals surface area (Å²) in [5.74, 6) is -0.551. The van der Waals surface area contributed by atoms with Crippen molar-refractivity contribution in [3.05, 3.63) is 63.7 Å². The minimum atomic E-state index is -3.83. The topological polar surface area (TPSA) is 110 Å². The molecule has 2 aromatic rings. The average Bonchev–Trinajstić information content (AvgIpc) is 2.54. The highest BCUT2D eigenvalue weighted by Gasteiger charge is 2.24. The van der Waals surface area contributed by atoms with Crippen LogP contribution in [0.1, 0.15) is 11.1 Å². The van der Waals surface area contributed by atoms with E-state index in [0.29, 0.717) is 11.3 Å². The van der Waals surface area contributed by atoms with E-state index >= 15 is 0 Å². The third kappa shape index (κ3) is 4.79. The molecule has 8 nitrogen and oxygen atoms in total. The molecule has 0 radical (unpaired) electrons. The fourth-order valence-electron chi connectivity index (χ4n) is 2.33. The van der Waals surface area contributed by atoms with E-state index in [1.807, 2.05) is 19.1 Å². The molecule has 2 aromatic carbocycles. The molecule has 2 rings (SSSR count). The van der Waals surface area contributed by atoms with E-state index in [1.165, 1.54) is 12.1 Å². The summed E-state index contributed by atoms with van der Waals surface area (Å²) in [6.07, 6.45) is 0.949. The van der Waals surface area contributed by atoms with E-state index in [0.717, 1.165) is 22.2 Å². The normalized spacial score (nSPS) is 11.0. The van der Waals surface area contributed by atoms with Gasteiger partial charge < -0.3 is 5.32 Å². The van der Waals surface area contributed by atoms with Crippen LogP contribution in [0.3, 0.4) is 0 Å². The van der Waals surface area contributed by atoms with Gasteiger partial charge in [-0.05, 0) is 31.5 Å². The lowest BCUT2D eigenvalue weighted by molar-refractivity contribution is -0.384. The first-order chi connectivity index (χ1) is 12.1. The van der Waals surface area contributed by atoms with E-state index in [2.05, 4.69) is 5.32 Å². The number of carbonyl (C=O) groups excluding carboxylic acids is 1. The summed E-state index contributed by atoms with van der Waals surface area (Å²) in [7, 11) is -3.83. The highest BCUT2D eigenvalue weighted by atomic mass is 32.2. The number of non-ortho nitro benzene ring substituents is 1. The first-order valence-electron chi connectivity index (χ1n) is 7.67. The van der Waals surface area contributed by atoms with Crippen molar-refractivity contribution in [1.29, 1.82) is 0 Å². The number of nitro benzene ring substituents is 1. The Kier molecular flexibility index (Phi) is 5.61. The quantitative estimate of drug-likeness (QED) is 0.615. The molecular weight excluding hydrogens is 358 g/mol. The van der Waals surface area contributed by atoms with Gasteiger partial charge in [-0.15, -0.1) is 0 Å². The fourth-order valence-corrected chi connectivity index (χ4v) is 3.23. The van der Waals surface area contributed by atoms with Crippen LogP contribution in [0.4, 0.5) is 17.1 Å². The summed E-state index contributed by atoms with van der Waals surface area (Å²) in [4.78, 5) is 22.7. The van der Waals surface area contributed by atoms with Crippen LogP contribution in [-0.2, 0) is 14.8 Å². The molecule has 0 unspecified atom stereocenters. The van der Waals surface area contributed by atoms with Crippen molar-refractivity contribution in [2.75, 3.05) is 22.4 Å². The van der Waals surface area contributed by atoms with Crippen molar-refractivity contribution in [2.45, 2.75) is 13.8 Å². The van der Waals surface area contributed by atoms with Crippen molar-refractivity contribution in [1.82, 2.24) is 0 Å².